The molecule has 1 saturated heterocycles. The minimum absolute atomic E-state index is 0. The van der Waals surface area contributed by atoms with Crippen molar-refractivity contribution in [2.24, 2.45) is 4.99 Å². The lowest BCUT2D eigenvalue weighted by Gasteiger charge is -2.37. The summed E-state index contributed by atoms with van der Waals surface area (Å²) in [5, 5.41) is 7.43. The van der Waals surface area contributed by atoms with Gasteiger partial charge >= 0.3 is 0 Å². The number of aliphatic imine (C=N–C) groups is 1. The fraction of sp³-hybridized carbons (Fsp3) is 0.571. The molecule has 1 aliphatic rings. The Labute approximate surface area is 191 Å². The van der Waals surface area contributed by atoms with Crippen LogP contribution in [0.3, 0.4) is 0 Å². The highest BCUT2D eigenvalue weighted by atomic mass is 127. The molecule has 1 N–H and O–H groups in total. The molecular formula is C21H33IN6O. The van der Waals surface area contributed by atoms with Gasteiger partial charge in [0.25, 0.3) is 0 Å². The smallest absolute Gasteiger partial charge is 0.228 e. The van der Waals surface area contributed by atoms with E-state index in [-0.39, 0.29) is 29.9 Å². The lowest BCUT2D eigenvalue weighted by Crippen LogP contribution is -2.52. The van der Waals surface area contributed by atoms with E-state index in [1.165, 1.54) is 11.3 Å². The number of hydrogen-bond donors (Lipinski definition) is 1. The first-order valence-electron chi connectivity index (χ1n) is 10.2. The van der Waals surface area contributed by atoms with Gasteiger partial charge in [0.2, 0.25) is 5.89 Å². The number of guanidine groups is 1. The van der Waals surface area contributed by atoms with E-state index in [1.54, 1.807) is 0 Å². The van der Waals surface area contributed by atoms with Crippen molar-refractivity contribution in [2.45, 2.75) is 40.0 Å². The van der Waals surface area contributed by atoms with Gasteiger partial charge in [-0.1, -0.05) is 31.1 Å². The average Bonchev–Trinajstić information content (AvgIpc) is 3.17. The number of halogens is 1. The zero-order valence-electron chi connectivity index (χ0n) is 17.9. The van der Waals surface area contributed by atoms with Crippen LogP contribution in [0.1, 0.15) is 44.0 Å². The molecule has 0 aliphatic carbocycles. The molecule has 8 heteroatoms. The van der Waals surface area contributed by atoms with Gasteiger partial charge in [-0.3, -0.25) is 4.99 Å². The summed E-state index contributed by atoms with van der Waals surface area (Å²) in [6.07, 6.45) is 0.665. The van der Waals surface area contributed by atoms with Crippen molar-refractivity contribution in [3.8, 4) is 0 Å². The third kappa shape index (κ3) is 6.58. The number of nitrogens with one attached hydrogen (secondary N) is 1. The van der Waals surface area contributed by atoms with Crippen LogP contribution >= 0.6 is 24.0 Å². The van der Waals surface area contributed by atoms with Crippen LogP contribution < -0.4 is 10.2 Å². The van der Waals surface area contributed by atoms with E-state index in [2.05, 4.69) is 77.2 Å². The maximum Gasteiger partial charge on any atom is 0.228 e. The van der Waals surface area contributed by atoms with Crippen molar-refractivity contribution in [2.75, 3.05) is 44.2 Å². The molecule has 1 aromatic heterocycles. The molecular weight excluding hydrogens is 479 g/mol. The first-order chi connectivity index (χ1) is 13.6. The van der Waals surface area contributed by atoms with Crippen molar-refractivity contribution in [3.05, 3.63) is 41.5 Å². The van der Waals surface area contributed by atoms with E-state index in [0.717, 1.165) is 44.5 Å². The van der Waals surface area contributed by atoms with Crippen molar-refractivity contribution in [1.82, 2.24) is 20.4 Å². The second-order valence-corrected chi connectivity index (χ2v) is 7.50. The zero-order chi connectivity index (χ0) is 19.9. The molecule has 2 aromatic rings. The Morgan fingerprint density at radius 2 is 2.00 bits per heavy atom. The normalized spacial score (nSPS) is 14.9. The quantitative estimate of drug-likeness (QED) is 0.364. The molecule has 3 rings (SSSR count). The van der Waals surface area contributed by atoms with Crippen LogP contribution in [0.4, 0.5) is 5.69 Å². The minimum atomic E-state index is 0. The Bertz CT molecular complexity index is 783. The SMILES string of the molecule is CCNC(=NCCc1nc(C(C)C)no1)N1CCN(c2cccc(C)c2)CC1.I. The predicted molar refractivity (Wildman–Crippen MR) is 128 cm³/mol. The number of aryl methyl sites for hydroxylation is 1. The van der Waals surface area contributed by atoms with Gasteiger partial charge in [-0.2, -0.15) is 4.98 Å². The molecule has 1 aliphatic heterocycles. The van der Waals surface area contributed by atoms with E-state index >= 15 is 0 Å². The number of rotatable bonds is 6. The Hall–Kier alpha value is -1.84. The Kier molecular flexibility index (Phi) is 9.19. The first-order valence-corrected chi connectivity index (χ1v) is 10.2. The molecule has 0 atom stereocenters. The number of hydrogen-bond acceptors (Lipinski definition) is 5. The summed E-state index contributed by atoms with van der Waals surface area (Å²) in [6, 6.07) is 8.72. The third-order valence-corrected chi connectivity index (χ3v) is 4.87. The number of aromatic nitrogens is 2. The molecule has 1 aromatic carbocycles. The number of anilines is 1. The van der Waals surface area contributed by atoms with Gasteiger partial charge in [-0.05, 0) is 31.5 Å². The van der Waals surface area contributed by atoms with Crippen molar-refractivity contribution >= 4 is 35.6 Å². The lowest BCUT2D eigenvalue weighted by molar-refractivity contribution is 0.366. The van der Waals surface area contributed by atoms with Gasteiger partial charge in [-0.25, -0.2) is 0 Å². The number of nitrogens with zero attached hydrogens (tertiary/aromatic N) is 5. The highest BCUT2D eigenvalue weighted by Crippen LogP contribution is 2.18. The highest BCUT2D eigenvalue weighted by molar-refractivity contribution is 14.0. The number of benzene rings is 1. The molecule has 0 bridgehead atoms. The maximum atomic E-state index is 5.31. The molecule has 0 saturated carbocycles. The minimum Gasteiger partial charge on any atom is -0.368 e. The first kappa shape index (κ1) is 23.4. The van der Waals surface area contributed by atoms with E-state index in [1.807, 2.05) is 0 Å². The van der Waals surface area contributed by atoms with Crippen LogP contribution in [-0.4, -0.2) is 60.3 Å². The molecule has 0 radical (unpaired) electrons. The molecule has 0 amide bonds. The maximum absolute atomic E-state index is 5.31. The van der Waals surface area contributed by atoms with Crippen LogP contribution in [0.15, 0.2) is 33.8 Å². The zero-order valence-corrected chi connectivity index (χ0v) is 20.2. The summed E-state index contributed by atoms with van der Waals surface area (Å²) < 4.78 is 5.31. The predicted octanol–water partition coefficient (Wildman–Crippen LogP) is 3.45. The van der Waals surface area contributed by atoms with Crippen LogP contribution in [-0.2, 0) is 6.42 Å². The summed E-state index contributed by atoms with van der Waals surface area (Å²) in [5.74, 6) is 2.67. The van der Waals surface area contributed by atoms with Gasteiger partial charge in [-0.15, -0.1) is 24.0 Å². The molecule has 160 valence electrons. The number of piperazine rings is 1. The third-order valence-electron chi connectivity index (χ3n) is 4.87. The molecule has 2 heterocycles. The summed E-state index contributed by atoms with van der Waals surface area (Å²) in [6.45, 7) is 13.8. The molecule has 7 nitrogen and oxygen atoms in total. The Balaban J connectivity index is 0.00000300. The van der Waals surface area contributed by atoms with Gasteiger partial charge in [0.05, 0.1) is 6.54 Å². The summed E-state index contributed by atoms with van der Waals surface area (Å²) in [5.41, 5.74) is 2.61. The van der Waals surface area contributed by atoms with E-state index in [4.69, 9.17) is 9.52 Å². The topological polar surface area (TPSA) is 69.8 Å². The Morgan fingerprint density at radius 3 is 2.62 bits per heavy atom. The van der Waals surface area contributed by atoms with Crippen LogP contribution in [0, 0.1) is 6.92 Å². The molecule has 0 unspecified atom stereocenters. The van der Waals surface area contributed by atoms with Crippen molar-refractivity contribution in [3.63, 3.8) is 0 Å². The summed E-state index contributed by atoms with van der Waals surface area (Å²) >= 11 is 0. The lowest BCUT2D eigenvalue weighted by atomic mass is 10.2. The van der Waals surface area contributed by atoms with E-state index in [9.17, 15) is 0 Å². The van der Waals surface area contributed by atoms with Gasteiger partial charge in [0, 0.05) is 50.7 Å². The average molecular weight is 512 g/mol. The van der Waals surface area contributed by atoms with Gasteiger partial charge < -0.3 is 19.6 Å². The van der Waals surface area contributed by atoms with Crippen LogP contribution in [0.2, 0.25) is 0 Å². The van der Waals surface area contributed by atoms with Crippen molar-refractivity contribution in [1.29, 1.82) is 0 Å². The molecule has 0 spiro atoms. The van der Waals surface area contributed by atoms with E-state index < -0.39 is 0 Å². The molecule has 29 heavy (non-hydrogen) atoms. The molecule has 1 fully saturated rings. The summed E-state index contributed by atoms with van der Waals surface area (Å²) in [7, 11) is 0. The highest BCUT2D eigenvalue weighted by Gasteiger charge is 2.20. The second kappa shape index (κ2) is 11.4. The standard InChI is InChI=1S/C21H32N6O.HI/c1-5-22-21(23-10-9-19-24-20(16(2)3)25-28-19)27-13-11-26(12-14-27)18-8-6-7-17(4)15-18;/h6-8,15-16H,5,9-14H2,1-4H3,(H,22,23);1H. The van der Waals surface area contributed by atoms with Crippen molar-refractivity contribution < 1.29 is 4.52 Å². The Morgan fingerprint density at radius 1 is 1.24 bits per heavy atom. The van der Waals surface area contributed by atoms with Crippen LogP contribution in [0.25, 0.3) is 0 Å². The summed E-state index contributed by atoms with van der Waals surface area (Å²) in [4.78, 5) is 14.0. The van der Waals surface area contributed by atoms with Gasteiger partial charge in [0.15, 0.2) is 11.8 Å². The van der Waals surface area contributed by atoms with Crippen LogP contribution in [0.5, 0.6) is 0 Å². The van der Waals surface area contributed by atoms with E-state index in [0.29, 0.717) is 18.9 Å². The monoisotopic (exact) mass is 512 g/mol. The largest absolute Gasteiger partial charge is 0.368 e. The second-order valence-electron chi connectivity index (χ2n) is 7.50. The fourth-order valence-electron chi connectivity index (χ4n) is 3.29. The van der Waals surface area contributed by atoms with Gasteiger partial charge in [0.1, 0.15) is 0 Å². The fourth-order valence-corrected chi connectivity index (χ4v) is 3.29.